The molecule has 9 heterocycles. The van der Waals surface area contributed by atoms with E-state index in [-0.39, 0.29) is 106 Å². The summed E-state index contributed by atoms with van der Waals surface area (Å²) >= 11 is 4.59. The zero-order valence-electron chi connectivity index (χ0n) is 71.3. The van der Waals surface area contributed by atoms with Crippen LogP contribution in [0.15, 0.2) is 94.3 Å². The smallest absolute Gasteiger partial charge is 0.265 e. The molecule has 0 bridgehead atoms. The molecule has 0 saturated heterocycles. The molecular weight excluding hydrogens is 1800 g/mol. The number of thiophene rings is 4. The molecular formula is C81H94N10O27S8. The quantitative estimate of drug-likeness (QED) is 0.0278. The lowest BCUT2D eigenvalue weighted by atomic mass is 10.1. The van der Waals surface area contributed by atoms with Crippen molar-refractivity contribution in [2.45, 2.75) is 78.8 Å². The fourth-order valence-corrected chi connectivity index (χ4v) is 21.7. The number of sulfonamides is 2. The monoisotopic (exact) mass is 1890 g/mol. The van der Waals surface area contributed by atoms with Gasteiger partial charge in [0.25, 0.3) is 35.4 Å². The molecule has 0 saturated carbocycles. The Hall–Kier alpha value is -11.1. The Labute approximate surface area is 744 Å². The van der Waals surface area contributed by atoms with Crippen LogP contribution in [0, 0.1) is 0 Å². The van der Waals surface area contributed by atoms with E-state index in [1.54, 1.807) is 90.5 Å². The molecule has 126 heavy (non-hydrogen) atoms. The average Bonchev–Trinajstić information content (AvgIpc) is 1.60. The van der Waals surface area contributed by atoms with Crippen LogP contribution in [-0.4, -0.2) is 246 Å². The molecule has 4 atom stereocenters. The van der Waals surface area contributed by atoms with Gasteiger partial charge in [-0.05, 0) is 91.6 Å². The van der Waals surface area contributed by atoms with Crippen LogP contribution < -0.4 is 59.2 Å². The van der Waals surface area contributed by atoms with E-state index in [4.69, 9.17) is 42.6 Å². The van der Waals surface area contributed by atoms with Crippen molar-refractivity contribution in [2.24, 2.45) is 0 Å². The molecule has 4 aromatic heterocycles. The molecule has 4 aromatic carbocycles. The maximum Gasteiger partial charge on any atom is 0.265 e. The first-order valence-corrected chi connectivity index (χ1v) is 49.2. The van der Waals surface area contributed by atoms with Crippen LogP contribution in [0.1, 0.15) is 160 Å². The Morgan fingerprint density at radius 2 is 0.794 bits per heavy atom. The van der Waals surface area contributed by atoms with E-state index in [2.05, 4.69) is 21.3 Å². The second kappa shape index (κ2) is 40.7. The summed E-state index contributed by atoms with van der Waals surface area (Å²) in [4.78, 5) is 132. The number of nitrogens with zero attached hydrogens (tertiary/aromatic N) is 6. The Balaban J connectivity index is 0.000000175. The van der Waals surface area contributed by atoms with E-state index in [0.717, 1.165) is 53.6 Å². The lowest BCUT2D eigenvalue weighted by Gasteiger charge is -2.28. The number of hydrogen-bond donors (Lipinski definition) is 4. The molecule has 5 aliphatic heterocycles. The summed E-state index contributed by atoms with van der Waals surface area (Å²) in [6, 6.07) is 16.2. The number of rotatable bonds is 33. The third-order valence-electron chi connectivity index (χ3n) is 19.7. The van der Waals surface area contributed by atoms with Crippen molar-refractivity contribution in [2.75, 3.05) is 147 Å². The van der Waals surface area contributed by atoms with Crippen LogP contribution in [0.3, 0.4) is 0 Å². The predicted octanol–water partition coefficient (Wildman–Crippen LogP) is 9.34. The van der Waals surface area contributed by atoms with Gasteiger partial charge in [-0.15, -0.1) is 45.3 Å². The lowest BCUT2D eigenvalue weighted by Crippen LogP contribution is -2.40. The number of ether oxygens (including phenoxy) is 9. The minimum absolute atomic E-state index is 0.0259. The number of hydrogen-bond acceptors (Lipinski definition) is 31. The number of nitrogens with one attached hydrogen (secondary N) is 4. The van der Waals surface area contributed by atoms with Gasteiger partial charge in [-0.25, -0.2) is 42.3 Å². The number of fused-ring (bicyclic) bond motifs is 5. The normalized spacial score (nSPS) is 14.8. The van der Waals surface area contributed by atoms with Crippen molar-refractivity contribution >= 4 is 166 Å². The molecule has 8 aromatic rings. The van der Waals surface area contributed by atoms with E-state index >= 15 is 0 Å². The van der Waals surface area contributed by atoms with Gasteiger partial charge in [0.05, 0.1) is 145 Å². The first kappa shape index (κ1) is 97.1. The van der Waals surface area contributed by atoms with Crippen molar-refractivity contribution in [3.05, 3.63) is 160 Å². The summed E-state index contributed by atoms with van der Waals surface area (Å²) in [6.45, 7) is 10.9. The highest BCUT2D eigenvalue weighted by molar-refractivity contribution is 7.91. The highest BCUT2D eigenvalue weighted by Crippen LogP contribution is 2.47. The largest absolute Gasteiger partial charge is 0.493 e. The van der Waals surface area contributed by atoms with Gasteiger partial charge >= 0.3 is 0 Å². The number of sulfone groups is 2. The van der Waals surface area contributed by atoms with Crippen LogP contribution in [0.4, 0.5) is 21.4 Å². The van der Waals surface area contributed by atoms with Gasteiger partial charge in [0, 0.05) is 101 Å². The molecule has 10 amide bonds. The molecule has 45 heteroatoms. The summed E-state index contributed by atoms with van der Waals surface area (Å²) in [6.07, 6.45) is 2.28. The van der Waals surface area contributed by atoms with Crippen molar-refractivity contribution < 1.29 is 124 Å². The Kier molecular flexibility index (Phi) is 31.3. The van der Waals surface area contributed by atoms with E-state index in [0.29, 0.717) is 120 Å². The fourth-order valence-electron chi connectivity index (χ4n) is 13.9. The minimum atomic E-state index is -3.82. The van der Waals surface area contributed by atoms with Crippen LogP contribution in [0.5, 0.6) is 46.0 Å². The third-order valence-corrected chi connectivity index (χ3v) is 29.0. The molecule has 678 valence electrons. The molecule has 0 aliphatic carbocycles. The number of methoxy groups -OCH3 is 4. The number of anilines is 4. The summed E-state index contributed by atoms with van der Waals surface area (Å²) in [5.41, 5.74) is 4.93. The number of amides is 10. The maximum absolute atomic E-state index is 13.4. The summed E-state index contributed by atoms with van der Waals surface area (Å²) < 4.78 is 150. The lowest BCUT2D eigenvalue weighted by molar-refractivity contribution is -0.119. The first-order valence-electron chi connectivity index (χ1n) is 38.3. The SMILES string of the molecule is CC(=O)Nc1scc2c1C(=O)N([C@@H](CS(=O)(=O)N(C)C)c1ccc3c(c1)OCO3)C2=O.CCOc1cc([C@@H](CS(C)(=O)=O)N2Cc3c(NC(=O)COC)csc3C2=O)ccc1OC.CCOc1cc([C@@H](CS(C)(=O)=O)N2Cc3c(NC(C)=O)csc3C2=O)ccc1OC.CCOc1cc([C@H](CS(=O)(=O)N(C)C)N2C(=O)c3csc(NC(C)=O)c3C2=O)ccc1OC. The highest BCUT2D eigenvalue weighted by atomic mass is 32.2. The zero-order valence-corrected chi connectivity index (χ0v) is 77.8. The van der Waals surface area contributed by atoms with Crippen molar-refractivity contribution in [3.63, 3.8) is 0 Å². The molecule has 13 rings (SSSR count). The zero-order chi connectivity index (χ0) is 92.5. The van der Waals surface area contributed by atoms with Gasteiger partial charge in [0.15, 0.2) is 46.0 Å². The number of carbonyl (C=O) groups excluding carboxylic acids is 10. The molecule has 0 radical (unpaired) electrons. The van der Waals surface area contributed by atoms with Crippen LogP contribution in [0.2, 0.25) is 0 Å². The maximum atomic E-state index is 13.4. The van der Waals surface area contributed by atoms with Crippen LogP contribution >= 0.6 is 45.3 Å². The minimum Gasteiger partial charge on any atom is -0.493 e. The van der Waals surface area contributed by atoms with Gasteiger partial charge in [0.1, 0.15) is 36.3 Å². The van der Waals surface area contributed by atoms with Crippen molar-refractivity contribution in [3.8, 4) is 46.0 Å². The first-order chi connectivity index (χ1) is 59.4. The van der Waals surface area contributed by atoms with Crippen molar-refractivity contribution in [1.82, 2.24) is 28.2 Å². The topological polar surface area (TPSA) is 458 Å². The number of benzene rings is 4. The van der Waals surface area contributed by atoms with Gasteiger partial charge in [-0.3, -0.25) is 57.7 Å². The second-order valence-corrected chi connectivity index (χ2v) is 41.3. The van der Waals surface area contributed by atoms with Crippen LogP contribution in [0.25, 0.3) is 0 Å². The molecule has 37 nitrogen and oxygen atoms in total. The Bertz CT molecular complexity index is 6040. The van der Waals surface area contributed by atoms with Gasteiger partial charge in [-0.2, -0.15) is 0 Å². The van der Waals surface area contributed by atoms with E-state index in [9.17, 15) is 81.6 Å². The van der Waals surface area contributed by atoms with Gasteiger partial charge in [0.2, 0.25) is 50.5 Å². The summed E-state index contributed by atoms with van der Waals surface area (Å²) in [5, 5.41) is 17.5. The van der Waals surface area contributed by atoms with Crippen molar-refractivity contribution in [1.29, 1.82) is 0 Å². The average molecular weight is 1900 g/mol. The Morgan fingerprint density at radius 3 is 1.14 bits per heavy atom. The Morgan fingerprint density at radius 1 is 0.437 bits per heavy atom. The van der Waals surface area contributed by atoms with Gasteiger partial charge in [-0.1, -0.05) is 24.3 Å². The van der Waals surface area contributed by atoms with E-state index in [1.165, 1.54) is 121 Å². The van der Waals surface area contributed by atoms with E-state index in [1.807, 2.05) is 13.8 Å². The predicted molar refractivity (Wildman–Crippen MR) is 472 cm³/mol. The number of imide groups is 2. The van der Waals surface area contributed by atoms with Gasteiger partial charge < -0.3 is 73.7 Å². The molecule has 0 unspecified atom stereocenters. The molecule has 5 aliphatic rings. The number of carbonyl (C=O) groups is 10. The molecule has 4 N–H and O–H groups in total. The fraction of sp³-hybridized carbons (Fsp3) is 0.383. The van der Waals surface area contributed by atoms with E-state index < -0.39 is 99.0 Å². The highest BCUT2D eigenvalue weighted by Gasteiger charge is 2.48. The third kappa shape index (κ3) is 22.1. The molecule has 0 spiro atoms. The second-order valence-electron chi connectivity index (χ2n) is 29.0. The van der Waals surface area contributed by atoms with Crippen LogP contribution in [-0.2, 0) is 76.7 Å². The summed E-state index contributed by atoms with van der Waals surface area (Å²) in [5.74, 6) is -2.31. The molecule has 0 fully saturated rings. The standard InChI is InChI=1S/C21H25N3O7S2.C21H26N2O7S2.C20H24N2O6S2.C19H19N3O7S2/c1-6-31-17-9-13(7-8-16(17)30-5)15(11-33(28,29)23(3)4)24-20(26)14-10-32-19(22-12(2)25)18(14)21(24)27;1-5-30-18-8-13(6-7-17(18)29-3)16(12-32(4,26)27)23-9-14-15(22-19(24)10-28-2)11-31-20(14)21(23)25;1-5-28-18-8-13(6-7-17(18)27-3)16(11-30(4,25)26)22-9-14-15(21-12(2)23)10-29-19(14)20(22)24;1-10(23)20-17-16-12(7-30-17)18(24)22(19(16)25)13(8-31(26,27)21(2)3)11-4-5-14-15(6-11)29-9-28-14/h7-10,15H,6,11H2,1-5H3,(H,22,25);6-8,11,16H,5,9-10,12H2,1-4H3,(H,22,24);6-8,10,16H,5,9,11H2,1-4H3,(H,21,23);4-7,13H,8-9H2,1-3H3,(H,20,23)/t15-;2*16-;13-/m0110/s1. The summed E-state index contributed by atoms with van der Waals surface area (Å²) in [7, 11) is -2.99.